The fourth-order valence-corrected chi connectivity index (χ4v) is 1.68. The van der Waals surface area contributed by atoms with E-state index in [0.29, 0.717) is 16.3 Å². The average molecular weight is 232 g/mol. The van der Waals surface area contributed by atoms with Gasteiger partial charge in [-0.15, -0.1) is 0 Å². The fraction of sp³-hybridized carbons (Fsp3) is 0.455. The third-order valence-corrected chi connectivity index (χ3v) is 2.86. The minimum atomic E-state index is -0.740. The molecule has 0 saturated heterocycles. The van der Waals surface area contributed by atoms with Crippen LogP contribution in [0.15, 0.2) is 18.2 Å². The maximum atomic E-state index is 13.0. The summed E-state index contributed by atoms with van der Waals surface area (Å²) < 4.78 is 18.2. The molecule has 1 aromatic rings. The van der Waals surface area contributed by atoms with Crippen LogP contribution in [0.1, 0.15) is 12.5 Å². The summed E-state index contributed by atoms with van der Waals surface area (Å²) >= 11 is 5.96. The third-order valence-electron chi connectivity index (χ3n) is 2.57. The molecule has 0 aliphatic heterocycles. The van der Waals surface area contributed by atoms with E-state index in [1.54, 1.807) is 25.1 Å². The summed E-state index contributed by atoms with van der Waals surface area (Å²) in [7, 11) is 1.51. The molecule has 1 unspecified atom stereocenters. The Bertz CT molecular complexity index is 339. The predicted molar refractivity (Wildman–Crippen MR) is 60.4 cm³/mol. The summed E-state index contributed by atoms with van der Waals surface area (Å²) in [6.45, 7) is 1.42. The van der Waals surface area contributed by atoms with Crippen molar-refractivity contribution in [3.8, 4) is 5.75 Å². The summed E-state index contributed by atoms with van der Waals surface area (Å²) in [6, 6.07) is 5.26. The Balaban J connectivity index is 3.29. The summed E-state index contributed by atoms with van der Waals surface area (Å²) in [5.74, 6) is 0.504. The summed E-state index contributed by atoms with van der Waals surface area (Å²) in [5.41, 5.74) is 5.56. The van der Waals surface area contributed by atoms with Gasteiger partial charge in [-0.2, -0.15) is 0 Å². The first-order valence-corrected chi connectivity index (χ1v) is 5.06. The third kappa shape index (κ3) is 2.24. The second kappa shape index (κ2) is 4.81. The van der Waals surface area contributed by atoms with Crippen LogP contribution in [-0.4, -0.2) is 20.3 Å². The van der Waals surface area contributed by atoms with Gasteiger partial charge in [0.05, 0.1) is 12.1 Å². The maximum absolute atomic E-state index is 13.0. The molecule has 2 N–H and O–H groups in total. The molecule has 0 fully saturated rings. The van der Waals surface area contributed by atoms with Crippen molar-refractivity contribution in [2.75, 3.05) is 20.3 Å². The van der Waals surface area contributed by atoms with Gasteiger partial charge in [0.15, 0.2) is 0 Å². The number of hydrogen-bond donors (Lipinski definition) is 1. The highest BCUT2D eigenvalue weighted by Gasteiger charge is 2.29. The van der Waals surface area contributed by atoms with Gasteiger partial charge in [0.1, 0.15) is 12.4 Å². The number of alkyl halides is 1. The largest absolute Gasteiger partial charge is 0.495 e. The smallest absolute Gasteiger partial charge is 0.141 e. The minimum absolute atomic E-state index is 0.209. The van der Waals surface area contributed by atoms with Crippen LogP contribution >= 0.6 is 11.6 Å². The van der Waals surface area contributed by atoms with E-state index in [-0.39, 0.29) is 6.54 Å². The lowest BCUT2D eigenvalue weighted by Crippen LogP contribution is -2.34. The van der Waals surface area contributed by atoms with Gasteiger partial charge in [0.2, 0.25) is 0 Å². The average Bonchev–Trinajstić information content (AvgIpc) is 2.27. The molecular formula is C11H15ClFNO. The molecule has 4 heteroatoms. The highest BCUT2D eigenvalue weighted by Crippen LogP contribution is 2.36. The Hall–Kier alpha value is -0.800. The van der Waals surface area contributed by atoms with Crippen LogP contribution in [0.3, 0.4) is 0 Å². The van der Waals surface area contributed by atoms with Crippen LogP contribution in [0.2, 0.25) is 5.02 Å². The minimum Gasteiger partial charge on any atom is -0.495 e. The van der Waals surface area contributed by atoms with Gasteiger partial charge in [-0.1, -0.05) is 30.7 Å². The van der Waals surface area contributed by atoms with E-state index in [1.807, 2.05) is 0 Å². The topological polar surface area (TPSA) is 35.2 Å². The molecular weight excluding hydrogens is 217 g/mol. The molecule has 0 radical (unpaired) electrons. The van der Waals surface area contributed by atoms with Gasteiger partial charge in [0.25, 0.3) is 0 Å². The SMILES string of the molecule is COc1c(Cl)cccc1C(C)(CN)CF. The molecule has 2 nitrogen and oxygen atoms in total. The predicted octanol–water partition coefficient (Wildman–Crippen LogP) is 2.53. The van der Waals surface area contributed by atoms with E-state index in [2.05, 4.69) is 0 Å². The molecule has 1 aromatic carbocycles. The molecule has 0 bridgehead atoms. The first kappa shape index (κ1) is 12.3. The molecule has 0 aliphatic rings. The summed E-state index contributed by atoms with van der Waals surface area (Å²) in [6.07, 6.45) is 0. The zero-order chi connectivity index (χ0) is 11.5. The van der Waals surface area contributed by atoms with E-state index < -0.39 is 12.1 Å². The second-order valence-corrected chi connectivity index (χ2v) is 4.13. The Morgan fingerprint density at radius 1 is 1.53 bits per heavy atom. The van der Waals surface area contributed by atoms with Gasteiger partial charge in [0, 0.05) is 17.5 Å². The van der Waals surface area contributed by atoms with Crippen molar-refractivity contribution in [2.45, 2.75) is 12.3 Å². The zero-order valence-corrected chi connectivity index (χ0v) is 9.64. The monoisotopic (exact) mass is 231 g/mol. The number of para-hydroxylation sites is 1. The fourth-order valence-electron chi connectivity index (χ4n) is 1.43. The molecule has 84 valence electrons. The van der Waals surface area contributed by atoms with E-state index in [1.165, 1.54) is 7.11 Å². The van der Waals surface area contributed by atoms with E-state index >= 15 is 0 Å². The number of hydrogen-bond acceptors (Lipinski definition) is 2. The highest BCUT2D eigenvalue weighted by atomic mass is 35.5. The van der Waals surface area contributed by atoms with E-state index in [4.69, 9.17) is 22.1 Å². The molecule has 0 saturated carbocycles. The standard InChI is InChI=1S/C11H15ClFNO/c1-11(6-13,7-14)8-4-3-5-9(12)10(8)15-2/h3-5H,6-7,14H2,1-2H3. The number of methoxy groups -OCH3 is 1. The van der Waals surface area contributed by atoms with Crippen LogP contribution in [0, 0.1) is 0 Å². The Kier molecular flexibility index (Phi) is 3.94. The van der Waals surface area contributed by atoms with Gasteiger partial charge < -0.3 is 10.5 Å². The van der Waals surface area contributed by atoms with Gasteiger partial charge >= 0.3 is 0 Å². The normalized spacial score (nSPS) is 14.7. The second-order valence-electron chi connectivity index (χ2n) is 3.72. The van der Waals surface area contributed by atoms with E-state index in [9.17, 15) is 4.39 Å². The van der Waals surface area contributed by atoms with Gasteiger partial charge in [-0.25, -0.2) is 0 Å². The van der Waals surface area contributed by atoms with Gasteiger partial charge in [-0.3, -0.25) is 4.39 Å². The van der Waals surface area contributed by atoms with Crippen LogP contribution in [0.25, 0.3) is 0 Å². The van der Waals surface area contributed by atoms with Crippen molar-refractivity contribution in [3.63, 3.8) is 0 Å². The quantitative estimate of drug-likeness (QED) is 0.864. The maximum Gasteiger partial charge on any atom is 0.141 e. The molecule has 15 heavy (non-hydrogen) atoms. The first-order chi connectivity index (χ1) is 7.09. The Morgan fingerprint density at radius 3 is 2.67 bits per heavy atom. The first-order valence-electron chi connectivity index (χ1n) is 4.68. The number of benzene rings is 1. The highest BCUT2D eigenvalue weighted by molar-refractivity contribution is 6.32. The van der Waals surface area contributed by atoms with Crippen molar-refractivity contribution < 1.29 is 9.13 Å². The number of rotatable bonds is 4. The van der Waals surface area contributed by atoms with E-state index in [0.717, 1.165) is 0 Å². The zero-order valence-electron chi connectivity index (χ0n) is 8.89. The Morgan fingerprint density at radius 2 is 2.20 bits per heavy atom. The Labute approximate surface area is 94.2 Å². The van der Waals surface area contributed by atoms with Crippen molar-refractivity contribution in [3.05, 3.63) is 28.8 Å². The van der Waals surface area contributed by atoms with Crippen molar-refractivity contribution in [1.29, 1.82) is 0 Å². The van der Waals surface area contributed by atoms with Crippen LogP contribution < -0.4 is 10.5 Å². The van der Waals surface area contributed by atoms with Crippen molar-refractivity contribution in [2.24, 2.45) is 5.73 Å². The number of halogens is 2. The molecule has 1 atom stereocenters. The summed E-state index contributed by atoms with van der Waals surface area (Å²) in [4.78, 5) is 0. The van der Waals surface area contributed by atoms with Crippen molar-refractivity contribution in [1.82, 2.24) is 0 Å². The molecule has 0 aromatic heterocycles. The lowest BCUT2D eigenvalue weighted by Gasteiger charge is -2.27. The molecule has 0 aliphatic carbocycles. The lowest BCUT2D eigenvalue weighted by atomic mass is 9.83. The molecule has 0 spiro atoms. The molecule has 1 rings (SSSR count). The summed E-state index contributed by atoms with van der Waals surface area (Å²) in [5, 5.41) is 0.475. The molecule has 0 amide bonds. The van der Waals surface area contributed by atoms with Crippen LogP contribution in [0.4, 0.5) is 4.39 Å². The van der Waals surface area contributed by atoms with Crippen LogP contribution in [0.5, 0.6) is 5.75 Å². The number of nitrogens with two attached hydrogens (primary N) is 1. The molecule has 0 heterocycles. The van der Waals surface area contributed by atoms with Crippen molar-refractivity contribution >= 4 is 11.6 Å². The lowest BCUT2D eigenvalue weighted by molar-refractivity contribution is 0.318. The van der Waals surface area contributed by atoms with Gasteiger partial charge in [-0.05, 0) is 6.07 Å². The number of ether oxygens (including phenoxy) is 1. The van der Waals surface area contributed by atoms with Crippen LogP contribution in [-0.2, 0) is 5.41 Å².